The van der Waals surface area contributed by atoms with Crippen LogP contribution in [0, 0.1) is 11.8 Å². The summed E-state index contributed by atoms with van der Waals surface area (Å²) in [5, 5.41) is 5.68. The van der Waals surface area contributed by atoms with Gasteiger partial charge in [0.1, 0.15) is 0 Å². The molecule has 26 heavy (non-hydrogen) atoms. The Morgan fingerprint density at radius 2 is 1.96 bits per heavy atom. The molecule has 2 unspecified atom stereocenters. The summed E-state index contributed by atoms with van der Waals surface area (Å²) in [6.45, 7) is 8.75. The van der Waals surface area contributed by atoms with E-state index in [1.165, 1.54) is 5.56 Å². The molecule has 1 aromatic rings. The van der Waals surface area contributed by atoms with E-state index in [1.54, 1.807) is 0 Å². The van der Waals surface area contributed by atoms with Crippen molar-refractivity contribution in [1.82, 2.24) is 15.5 Å². The van der Waals surface area contributed by atoms with Crippen LogP contribution in [0.5, 0.6) is 0 Å². The first kappa shape index (κ1) is 20.4. The SMILES string of the molecule is CC1CN(Cc2ccccc2)CCC1NC(=O)CNC(=O)[C@@H](N)C(C)C. The van der Waals surface area contributed by atoms with Gasteiger partial charge in [-0.3, -0.25) is 14.5 Å². The zero-order chi connectivity index (χ0) is 19.1. The molecule has 3 atom stereocenters. The lowest BCUT2D eigenvalue weighted by atomic mass is 9.93. The van der Waals surface area contributed by atoms with Gasteiger partial charge in [0.2, 0.25) is 11.8 Å². The monoisotopic (exact) mass is 360 g/mol. The Balaban J connectivity index is 1.73. The molecule has 2 amide bonds. The van der Waals surface area contributed by atoms with Crippen LogP contribution >= 0.6 is 0 Å². The van der Waals surface area contributed by atoms with Crippen LogP contribution < -0.4 is 16.4 Å². The summed E-state index contributed by atoms with van der Waals surface area (Å²) in [5.74, 6) is -0.0133. The van der Waals surface area contributed by atoms with Crippen molar-refractivity contribution >= 4 is 11.8 Å². The first-order chi connectivity index (χ1) is 12.4. The number of nitrogens with two attached hydrogens (primary N) is 1. The number of carbonyl (C=O) groups is 2. The summed E-state index contributed by atoms with van der Waals surface area (Å²) in [5.41, 5.74) is 7.09. The number of hydrogen-bond donors (Lipinski definition) is 3. The predicted octanol–water partition coefficient (Wildman–Crippen LogP) is 1.11. The Kier molecular flexibility index (Phi) is 7.60. The van der Waals surface area contributed by atoms with Crippen molar-refractivity contribution in [2.45, 2.75) is 45.8 Å². The van der Waals surface area contributed by atoms with Gasteiger partial charge < -0.3 is 16.4 Å². The first-order valence-electron chi connectivity index (χ1n) is 9.45. The molecule has 0 bridgehead atoms. The molecule has 4 N–H and O–H groups in total. The number of nitrogens with one attached hydrogen (secondary N) is 2. The zero-order valence-electron chi connectivity index (χ0n) is 16.1. The van der Waals surface area contributed by atoms with Gasteiger partial charge in [0.05, 0.1) is 12.6 Å². The minimum atomic E-state index is -0.581. The fourth-order valence-corrected chi connectivity index (χ4v) is 3.28. The van der Waals surface area contributed by atoms with E-state index in [0.29, 0.717) is 5.92 Å². The molecule has 1 fully saturated rings. The van der Waals surface area contributed by atoms with Crippen molar-refractivity contribution in [1.29, 1.82) is 0 Å². The summed E-state index contributed by atoms with van der Waals surface area (Å²) in [6.07, 6.45) is 0.916. The van der Waals surface area contributed by atoms with E-state index in [9.17, 15) is 9.59 Å². The van der Waals surface area contributed by atoms with Gasteiger partial charge in [-0.05, 0) is 23.8 Å². The summed E-state index contributed by atoms with van der Waals surface area (Å²) in [4.78, 5) is 26.4. The van der Waals surface area contributed by atoms with Crippen LogP contribution in [0.3, 0.4) is 0 Å². The minimum absolute atomic E-state index is 0.0177. The fourth-order valence-electron chi connectivity index (χ4n) is 3.28. The molecular formula is C20H32N4O2. The number of carbonyl (C=O) groups excluding carboxylic acids is 2. The fraction of sp³-hybridized carbons (Fsp3) is 0.600. The maximum absolute atomic E-state index is 12.1. The molecule has 2 rings (SSSR count). The van der Waals surface area contributed by atoms with Gasteiger partial charge >= 0.3 is 0 Å². The highest BCUT2D eigenvalue weighted by molar-refractivity contribution is 5.87. The van der Waals surface area contributed by atoms with Gasteiger partial charge in [0, 0.05) is 25.7 Å². The number of rotatable bonds is 7. The Bertz CT molecular complexity index is 591. The summed E-state index contributed by atoms with van der Waals surface area (Å²) in [7, 11) is 0. The van der Waals surface area contributed by atoms with E-state index in [0.717, 1.165) is 26.1 Å². The van der Waals surface area contributed by atoms with Crippen LogP contribution in [0.25, 0.3) is 0 Å². The van der Waals surface area contributed by atoms with Gasteiger partial charge in [0.25, 0.3) is 0 Å². The Morgan fingerprint density at radius 1 is 1.27 bits per heavy atom. The molecule has 6 nitrogen and oxygen atoms in total. The van der Waals surface area contributed by atoms with Gasteiger partial charge in [-0.15, -0.1) is 0 Å². The highest BCUT2D eigenvalue weighted by atomic mass is 16.2. The number of piperidine rings is 1. The van der Waals surface area contributed by atoms with Gasteiger partial charge in [0.15, 0.2) is 0 Å². The highest BCUT2D eigenvalue weighted by Crippen LogP contribution is 2.18. The standard InChI is InChI=1S/C20H32N4O2/c1-14(2)19(21)20(26)22-11-18(25)23-17-9-10-24(12-15(17)3)13-16-7-5-4-6-8-16/h4-8,14-15,17,19H,9-13,21H2,1-3H3,(H,22,26)(H,23,25)/t15?,17?,19-/m0/s1. The minimum Gasteiger partial charge on any atom is -0.351 e. The molecule has 1 aliphatic heterocycles. The predicted molar refractivity (Wildman–Crippen MR) is 103 cm³/mol. The average molecular weight is 361 g/mol. The van der Waals surface area contributed by atoms with E-state index in [-0.39, 0.29) is 30.3 Å². The second-order valence-corrected chi connectivity index (χ2v) is 7.65. The largest absolute Gasteiger partial charge is 0.351 e. The molecule has 0 aliphatic carbocycles. The molecule has 1 aromatic carbocycles. The average Bonchev–Trinajstić information content (AvgIpc) is 2.62. The van der Waals surface area contributed by atoms with E-state index >= 15 is 0 Å². The molecule has 1 heterocycles. The highest BCUT2D eigenvalue weighted by Gasteiger charge is 2.27. The summed E-state index contributed by atoms with van der Waals surface area (Å²) < 4.78 is 0. The van der Waals surface area contributed by atoms with Gasteiger partial charge in [-0.1, -0.05) is 51.1 Å². The number of nitrogens with zero attached hydrogens (tertiary/aromatic N) is 1. The van der Waals surface area contributed by atoms with E-state index < -0.39 is 6.04 Å². The molecule has 144 valence electrons. The first-order valence-corrected chi connectivity index (χ1v) is 9.45. The maximum Gasteiger partial charge on any atom is 0.239 e. The lowest BCUT2D eigenvalue weighted by Gasteiger charge is -2.37. The van der Waals surface area contributed by atoms with Gasteiger partial charge in [-0.25, -0.2) is 0 Å². The van der Waals surface area contributed by atoms with Crippen molar-refractivity contribution in [2.24, 2.45) is 17.6 Å². The Morgan fingerprint density at radius 3 is 2.58 bits per heavy atom. The number of benzene rings is 1. The van der Waals surface area contributed by atoms with Crippen molar-refractivity contribution in [2.75, 3.05) is 19.6 Å². The quantitative estimate of drug-likeness (QED) is 0.680. The van der Waals surface area contributed by atoms with Crippen LogP contribution in [0.15, 0.2) is 30.3 Å². The smallest absolute Gasteiger partial charge is 0.239 e. The second kappa shape index (κ2) is 9.69. The second-order valence-electron chi connectivity index (χ2n) is 7.65. The summed E-state index contributed by atoms with van der Waals surface area (Å²) >= 11 is 0. The van der Waals surface area contributed by atoms with Crippen LogP contribution in [0.2, 0.25) is 0 Å². The number of likely N-dealkylation sites (tertiary alicyclic amines) is 1. The van der Waals surface area contributed by atoms with Crippen LogP contribution in [-0.4, -0.2) is 48.4 Å². The molecule has 0 saturated carbocycles. The topological polar surface area (TPSA) is 87.5 Å². The number of amides is 2. The van der Waals surface area contributed by atoms with E-state index in [4.69, 9.17) is 5.73 Å². The van der Waals surface area contributed by atoms with Crippen molar-refractivity contribution in [3.63, 3.8) is 0 Å². The normalized spacial score (nSPS) is 22.0. The summed E-state index contributed by atoms with van der Waals surface area (Å²) in [6, 6.07) is 10.00. The molecule has 1 saturated heterocycles. The Labute approximate surface area is 156 Å². The molecule has 6 heteroatoms. The third-order valence-corrected chi connectivity index (χ3v) is 5.03. The molecule has 0 radical (unpaired) electrons. The van der Waals surface area contributed by atoms with Gasteiger partial charge in [-0.2, -0.15) is 0 Å². The number of hydrogen-bond acceptors (Lipinski definition) is 4. The molecule has 0 spiro atoms. The molecule has 1 aliphatic rings. The third-order valence-electron chi connectivity index (χ3n) is 5.03. The lowest BCUT2D eigenvalue weighted by molar-refractivity contribution is -0.128. The lowest BCUT2D eigenvalue weighted by Crippen LogP contribution is -2.52. The van der Waals surface area contributed by atoms with Crippen molar-refractivity contribution < 1.29 is 9.59 Å². The van der Waals surface area contributed by atoms with Crippen LogP contribution in [0.1, 0.15) is 32.8 Å². The Hall–Kier alpha value is -1.92. The maximum atomic E-state index is 12.1. The molecular weight excluding hydrogens is 328 g/mol. The van der Waals surface area contributed by atoms with Crippen LogP contribution in [0.4, 0.5) is 0 Å². The van der Waals surface area contributed by atoms with Crippen LogP contribution in [-0.2, 0) is 16.1 Å². The molecule has 0 aromatic heterocycles. The zero-order valence-corrected chi connectivity index (χ0v) is 16.1. The van der Waals surface area contributed by atoms with E-state index in [1.807, 2.05) is 19.9 Å². The third kappa shape index (κ3) is 6.11. The van der Waals surface area contributed by atoms with Crippen molar-refractivity contribution in [3.8, 4) is 0 Å². The van der Waals surface area contributed by atoms with Crippen molar-refractivity contribution in [3.05, 3.63) is 35.9 Å². The van der Waals surface area contributed by atoms with E-state index in [2.05, 4.69) is 46.7 Å².